The monoisotopic (exact) mass is 456 g/mol. The lowest BCUT2D eigenvalue weighted by Gasteiger charge is -2.30. The quantitative estimate of drug-likeness (QED) is 0.390. The van der Waals surface area contributed by atoms with E-state index in [1.807, 2.05) is 57.7 Å². The van der Waals surface area contributed by atoms with E-state index >= 15 is 0 Å². The third-order valence-corrected chi connectivity index (χ3v) is 5.04. The van der Waals surface area contributed by atoms with Crippen molar-refractivity contribution in [1.29, 1.82) is 0 Å². The number of fused-ring (bicyclic) bond motifs is 1. The van der Waals surface area contributed by atoms with Crippen LogP contribution in [0.3, 0.4) is 0 Å². The van der Waals surface area contributed by atoms with Crippen LogP contribution in [0.4, 0.5) is 0 Å². The second kappa shape index (κ2) is 10.6. The number of benzene rings is 2. The number of hydrogen-bond acceptors (Lipinski definition) is 5. The van der Waals surface area contributed by atoms with E-state index in [-0.39, 0.29) is 24.6 Å². The third kappa shape index (κ3) is 5.82. The smallest absolute Gasteiger partial charge is 0.260 e. The maximum Gasteiger partial charge on any atom is 0.260 e. The summed E-state index contributed by atoms with van der Waals surface area (Å²) in [5.74, 6) is 1.53. The number of rotatable bonds is 9. The number of aromatic nitrogens is 1. The van der Waals surface area contributed by atoms with E-state index in [2.05, 4.69) is 4.98 Å². The van der Waals surface area contributed by atoms with E-state index in [9.17, 15) is 4.79 Å². The maximum atomic E-state index is 12.6. The average Bonchev–Trinajstić information content (AvgIpc) is 3.13. The molecule has 0 saturated heterocycles. The molecule has 0 radical (unpaired) electrons. The number of carbonyl (C=O) groups is 1. The number of nitrogens with zero attached hydrogens (tertiary/aromatic N) is 2. The van der Waals surface area contributed by atoms with Gasteiger partial charge in [-0.3, -0.25) is 4.79 Å². The predicted octanol–water partition coefficient (Wildman–Crippen LogP) is 6.07. The highest BCUT2D eigenvalue weighted by molar-refractivity contribution is 6.31. The second-order valence-corrected chi connectivity index (χ2v) is 8.35. The minimum atomic E-state index is -0.0579. The lowest BCUT2D eigenvalue weighted by atomic mass is 10.2. The van der Waals surface area contributed by atoms with Gasteiger partial charge in [-0.25, -0.2) is 4.98 Å². The van der Waals surface area contributed by atoms with Crippen LogP contribution < -0.4 is 9.47 Å². The molecule has 1 amide bonds. The molecule has 3 rings (SSSR count). The SMILES string of the molecule is CCOc1cc(C=Cc2nc3cc(Cl)ccc3o2)ccc1OCC(=O)N(C(C)C)C(C)C. The van der Waals surface area contributed by atoms with Crippen LogP contribution in [-0.4, -0.2) is 41.1 Å². The topological polar surface area (TPSA) is 64.8 Å². The van der Waals surface area contributed by atoms with Crippen LogP contribution >= 0.6 is 11.6 Å². The largest absolute Gasteiger partial charge is 0.490 e. The summed E-state index contributed by atoms with van der Waals surface area (Å²) in [5.41, 5.74) is 2.27. The van der Waals surface area contributed by atoms with Crippen molar-refractivity contribution in [3.05, 3.63) is 52.9 Å². The summed E-state index contributed by atoms with van der Waals surface area (Å²) in [4.78, 5) is 18.8. The second-order valence-electron chi connectivity index (χ2n) is 7.91. The number of oxazole rings is 1. The highest BCUT2D eigenvalue weighted by atomic mass is 35.5. The van der Waals surface area contributed by atoms with Crippen molar-refractivity contribution in [1.82, 2.24) is 9.88 Å². The molecule has 1 heterocycles. The van der Waals surface area contributed by atoms with Crippen LogP contribution in [-0.2, 0) is 4.79 Å². The zero-order valence-corrected chi connectivity index (χ0v) is 19.8. The summed E-state index contributed by atoms with van der Waals surface area (Å²) in [6.07, 6.45) is 3.66. The molecule has 0 fully saturated rings. The van der Waals surface area contributed by atoms with E-state index in [4.69, 9.17) is 25.5 Å². The highest BCUT2D eigenvalue weighted by Gasteiger charge is 2.21. The molecule has 0 aliphatic rings. The standard InChI is InChI=1S/C25H29ClN2O4/c1-6-30-23-13-18(8-12-24-27-20-14-19(26)9-11-21(20)32-24)7-10-22(23)31-15-25(29)28(16(2)3)17(4)5/h7-14,16-17H,6,15H2,1-5H3. The third-order valence-electron chi connectivity index (χ3n) is 4.80. The van der Waals surface area contributed by atoms with Crippen LogP contribution in [0.25, 0.3) is 23.3 Å². The summed E-state index contributed by atoms with van der Waals surface area (Å²) in [5, 5.41) is 0.613. The predicted molar refractivity (Wildman–Crippen MR) is 128 cm³/mol. The van der Waals surface area contributed by atoms with Crippen LogP contribution in [0, 0.1) is 0 Å². The van der Waals surface area contributed by atoms with Gasteiger partial charge in [0.15, 0.2) is 23.7 Å². The van der Waals surface area contributed by atoms with Gasteiger partial charge >= 0.3 is 0 Å². The lowest BCUT2D eigenvalue weighted by Crippen LogP contribution is -2.44. The first-order chi connectivity index (χ1) is 15.3. The summed E-state index contributed by atoms with van der Waals surface area (Å²) in [6, 6.07) is 11.1. The lowest BCUT2D eigenvalue weighted by molar-refractivity contribution is -0.137. The Labute approximate surface area is 193 Å². The Hall–Kier alpha value is -2.99. The van der Waals surface area contributed by atoms with Crippen LogP contribution in [0.5, 0.6) is 11.5 Å². The molecule has 1 aromatic heterocycles. The van der Waals surface area contributed by atoms with Gasteiger partial charge in [-0.1, -0.05) is 17.7 Å². The minimum absolute atomic E-state index is 0.0446. The summed E-state index contributed by atoms with van der Waals surface area (Å²) < 4.78 is 17.3. The van der Waals surface area contributed by atoms with E-state index in [1.54, 1.807) is 30.3 Å². The molecule has 0 atom stereocenters. The van der Waals surface area contributed by atoms with E-state index in [0.717, 1.165) is 5.56 Å². The highest BCUT2D eigenvalue weighted by Crippen LogP contribution is 2.30. The van der Waals surface area contributed by atoms with E-state index in [1.165, 1.54) is 0 Å². The normalized spacial score (nSPS) is 11.6. The molecule has 2 aromatic carbocycles. The zero-order valence-electron chi connectivity index (χ0n) is 19.1. The van der Waals surface area contributed by atoms with Gasteiger partial charge < -0.3 is 18.8 Å². The van der Waals surface area contributed by atoms with E-state index < -0.39 is 0 Å². The molecule has 0 bridgehead atoms. The number of halogens is 1. The van der Waals surface area contributed by atoms with Crippen LogP contribution in [0.15, 0.2) is 40.8 Å². The minimum Gasteiger partial charge on any atom is -0.490 e. The average molecular weight is 457 g/mol. The molecule has 0 aliphatic heterocycles. The van der Waals surface area contributed by atoms with Crippen LogP contribution in [0.2, 0.25) is 5.02 Å². The molecule has 6 nitrogen and oxygen atoms in total. The van der Waals surface area contributed by atoms with Crippen molar-refractivity contribution in [3.63, 3.8) is 0 Å². The number of hydrogen-bond donors (Lipinski definition) is 0. The van der Waals surface area contributed by atoms with Crippen LogP contribution in [0.1, 0.15) is 46.1 Å². The molecule has 7 heteroatoms. The molecular formula is C25H29ClN2O4. The maximum absolute atomic E-state index is 12.6. The number of ether oxygens (including phenoxy) is 2. The molecule has 0 N–H and O–H groups in total. The number of carbonyl (C=O) groups excluding carboxylic acids is 1. The Morgan fingerprint density at radius 1 is 1.06 bits per heavy atom. The summed E-state index contributed by atoms with van der Waals surface area (Å²) >= 11 is 6.01. The van der Waals surface area contributed by atoms with Gasteiger partial charge in [0, 0.05) is 23.2 Å². The van der Waals surface area contributed by atoms with Crippen molar-refractivity contribution < 1.29 is 18.7 Å². The molecule has 0 saturated carbocycles. The fourth-order valence-corrected chi connectivity index (χ4v) is 3.73. The van der Waals surface area contributed by atoms with Crippen molar-refractivity contribution in [2.75, 3.05) is 13.2 Å². The number of amides is 1. The van der Waals surface area contributed by atoms with Gasteiger partial charge in [0.05, 0.1) is 6.61 Å². The molecule has 170 valence electrons. The molecule has 0 unspecified atom stereocenters. The zero-order chi connectivity index (χ0) is 23.3. The van der Waals surface area contributed by atoms with Crippen molar-refractivity contribution in [3.8, 4) is 11.5 Å². The molecule has 0 spiro atoms. The van der Waals surface area contributed by atoms with Gasteiger partial charge in [-0.15, -0.1) is 0 Å². The Bertz CT molecular complexity index is 1100. The van der Waals surface area contributed by atoms with Crippen molar-refractivity contribution in [2.24, 2.45) is 0 Å². The van der Waals surface area contributed by atoms with Gasteiger partial charge in [-0.2, -0.15) is 0 Å². The Kier molecular flexibility index (Phi) is 7.80. The molecule has 0 aliphatic carbocycles. The van der Waals surface area contributed by atoms with Gasteiger partial charge in [0.1, 0.15) is 5.52 Å². The van der Waals surface area contributed by atoms with Crippen molar-refractivity contribution in [2.45, 2.75) is 46.7 Å². The first-order valence-electron chi connectivity index (χ1n) is 10.7. The Morgan fingerprint density at radius 3 is 2.50 bits per heavy atom. The van der Waals surface area contributed by atoms with E-state index in [0.29, 0.717) is 40.1 Å². The first-order valence-corrected chi connectivity index (χ1v) is 11.1. The first kappa shape index (κ1) is 23.7. The fourth-order valence-electron chi connectivity index (χ4n) is 3.56. The Morgan fingerprint density at radius 2 is 1.81 bits per heavy atom. The Balaban J connectivity index is 1.74. The molecule has 32 heavy (non-hydrogen) atoms. The van der Waals surface area contributed by atoms with Gasteiger partial charge in [0.2, 0.25) is 5.89 Å². The fraction of sp³-hybridized carbons (Fsp3) is 0.360. The van der Waals surface area contributed by atoms with Gasteiger partial charge in [-0.05, 0) is 76.6 Å². The summed E-state index contributed by atoms with van der Waals surface area (Å²) in [6.45, 7) is 10.3. The molecular weight excluding hydrogens is 428 g/mol. The molecule has 3 aromatic rings. The van der Waals surface area contributed by atoms with Crippen molar-refractivity contribution >= 4 is 40.8 Å². The summed E-state index contributed by atoms with van der Waals surface area (Å²) in [7, 11) is 0. The van der Waals surface area contributed by atoms with Gasteiger partial charge in [0.25, 0.3) is 5.91 Å².